The van der Waals surface area contributed by atoms with E-state index in [4.69, 9.17) is 4.42 Å². The van der Waals surface area contributed by atoms with Crippen LogP contribution < -0.4 is 9.80 Å². The highest BCUT2D eigenvalue weighted by atomic mass is 16.3. The zero-order valence-electron chi connectivity index (χ0n) is 59.0. The number of hydrogen-bond acceptors (Lipinski definition) is 3. The van der Waals surface area contributed by atoms with Crippen molar-refractivity contribution in [2.24, 2.45) is 0 Å². The van der Waals surface area contributed by atoms with E-state index in [1.54, 1.807) is 0 Å². The second kappa shape index (κ2) is 22.2. The van der Waals surface area contributed by atoms with Crippen LogP contribution in [0.5, 0.6) is 0 Å². The predicted molar refractivity (Wildman–Crippen MR) is 414 cm³/mol. The first kappa shape index (κ1) is 61.7. The Morgan fingerprint density at radius 1 is 0.258 bits per heavy atom. The predicted octanol–water partition coefficient (Wildman–Crippen LogP) is 26.6. The van der Waals surface area contributed by atoms with Crippen molar-refractivity contribution in [1.29, 1.82) is 0 Å². The van der Waals surface area contributed by atoms with Crippen LogP contribution in [0.15, 0.2) is 253 Å². The van der Waals surface area contributed by atoms with E-state index in [1.165, 1.54) is 88.8 Å². The monoisotopic (exact) mass is 1260 g/mol. The zero-order chi connectivity index (χ0) is 67.4. The molecule has 2 aliphatic rings. The third kappa shape index (κ3) is 10.5. The second-order valence-electron chi connectivity index (χ2n) is 32.7. The Labute approximate surface area is 573 Å². The standard InChI is InChI=1S/C93H87N3O/c1-89(2,3)65-32-22-30-59(47-65)61-38-42-73-81(51-61)94(70-49-63(57-26-18-16-19-27-57)46-64(50-70)58-28-20-17-21-29-58)83-55-69(93(13,14)15)56-84-86(83)85(73)74-43-39-62(60-31-23-33-66(48-60)90(4,5)6)52-82(74)96(84)80-37-25-35-72-71-34-24-36-79(87(71)97-88(72)80)95-77-44-40-67(91(7,8)9)53-75(77)76-54-68(92(10,11)12)41-45-78(76)95/h16-56,85H,1-15H3. The molecule has 14 aromatic rings. The fourth-order valence-electron chi connectivity index (χ4n) is 15.3. The molecule has 0 N–H and O–H groups in total. The maximum atomic E-state index is 7.81. The maximum absolute atomic E-state index is 7.81. The third-order valence-corrected chi connectivity index (χ3v) is 20.9. The smallest absolute Gasteiger partial charge is 0.159 e. The molecule has 4 heteroatoms. The molecule has 1 unspecified atom stereocenters. The van der Waals surface area contributed by atoms with Crippen LogP contribution in [0.2, 0.25) is 0 Å². The van der Waals surface area contributed by atoms with E-state index < -0.39 is 0 Å². The largest absolute Gasteiger partial charge is 0.452 e. The van der Waals surface area contributed by atoms with Gasteiger partial charge < -0.3 is 18.8 Å². The molecule has 0 amide bonds. The fourth-order valence-corrected chi connectivity index (χ4v) is 15.3. The first-order chi connectivity index (χ1) is 46.2. The van der Waals surface area contributed by atoms with Crippen LogP contribution in [0.3, 0.4) is 0 Å². The van der Waals surface area contributed by atoms with Crippen LogP contribution >= 0.6 is 0 Å². The van der Waals surface area contributed by atoms with Crippen LogP contribution in [0.1, 0.15) is 154 Å². The molecule has 12 aromatic carbocycles. The Morgan fingerprint density at radius 3 is 1.13 bits per heavy atom. The molecular formula is C93H87N3O. The lowest BCUT2D eigenvalue weighted by Gasteiger charge is -2.46. The first-order valence-electron chi connectivity index (χ1n) is 34.8. The lowest BCUT2D eigenvalue weighted by molar-refractivity contribution is 0.589. The minimum Gasteiger partial charge on any atom is -0.452 e. The number of benzene rings is 12. The van der Waals surface area contributed by atoms with E-state index in [1.807, 2.05) is 0 Å². The Balaban J connectivity index is 1.00. The van der Waals surface area contributed by atoms with Crippen molar-refractivity contribution in [2.45, 2.75) is 137 Å². The summed E-state index contributed by atoms with van der Waals surface area (Å²) in [5.74, 6) is -0.151. The Hall–Kier alpha value is -10.2. The maximum Gasteiger partial charge on any atom is 0.159 e. The van der Waals surface area contributed by atoms with Gasteiger partial charge in [0.1, 0.15) is 0 Å². The van der Waals surface area contributed by atoms with Crippen molar-refractivity contribution in [3.05, 3.63) is 293 Å². The summed E-state index contributed by atoms with van der Waals surface area (Å²) in [5.41, 5.74) is 31.0. The summed E-state index contributed by atoms with van der Waals surface area (Å²) in [6.07, 6.45) is 0. The summed E-state index contributed by atoms with van der Waals surface area (Å²) in [7, 11) is 0. The van der Waals surface area contributed by atoms with Crippen LogP contribution in [-0.4, -0.2) is 4.57 Å². The van der Waals surface area contributed by atoms with E-state index in [-0.39, 0.29) is 33.0 Å². The molecule has 0 radical (unpaired) electrons. The molecule has 2 aromatic heterocycles. The van der Waals surface area contributed by atoms with Crippen LogP contribution in [-0.2, 0) is 27.1 Å². The van der Waals surface area contributed by atoms with Crippen molar-refractivity contribution in [3.63, 3.8) is 0 Å². The lowest BCUT2D eigenvalue weighted by atomic mass is 9.73. The van der Waals surface area contributed by atoms with Crippen molar-refractivity contribution in [1.82, 2.24) is 4.57 Å². The molecule has 2 aliphatic heterocycles. The van der Waals surface area contributed by atoms with Crippen molar-refractivity contribution >= 4 is 77.9 Å². The summed E-state index contributed by atoms with van der Waals surface area (Å²) in [6.45, 7) is 34.9. The molecule has 4 nitrogen and oxygen atoms in total. The molecular weight excluding hydrogens is 1180 g/mol. The molecule has 0 saturated heterocycles. The van der Waals surface area contributed by atoms with E-state index in [2.05, 4.69) is 367 Å². The Bertz CT molecular complexity index is 5360. The van der Waals surface area contributed by atoms with Gasteiger partial charge >= 0.3 is 0 Å². The summed E-state index contributed by atoms with van der Waals surface area (Å²) >= 11 is 0. The number of nitrogens with zero attached hydrogens (tertiary/aromatic N) is 3. The number of hydrogen-bond donors (Lipinski definition) is 0. The molecule has 0 aliphatic carbocycles. The van der Waals surface area contributed by atoms with Gasteiger partial charge in [-0.1, -0.05) is 274 Å². The van der Waals surface area contributed by atoms with Crippen LogP contribution in [0.25, 0.3) is 93.9 Å². The molecule has 0 bridgehead atoms. The highest BCUT2D eigenvalue weighted by Gasteiger charge is 2.43. The molecule has 1 atom stereocenters. The van der Waals surface area contributed by atoms with Gasteiger partial charge in [-0.3, -0.25) is 0 Å². The highest BCUT2D eigenvalue weighted by molar-refractivity contribution is 6.16. The molecule has 0 spiro atoms. The third-order valence-electron chi connectivity index (χ3n) is 20.9. The Kier molecular flexibility index (Phi) is 14.1. The number of fused-ring (bicyclic) bond motifs is 10. The normalized spacial score (nSPS) is 14.2. The summed E-state index contributed by atoms with van der Waals surface area (Å²) in [5, 5.41) is 4.64. The topological polar surface area (TPSA) is 24.6 Å². The SMILES string of the molecule is CC(C)(C)c1cccc(-c2ccc3c(c2)N(c2cc(-c4ccccc4)cc(-c4ccccc4)c2)c2cc(C(C)(C)C)cc4c2C3c2ccc(-c3cccc(C(C)(C)C)c3)cc2N4c2cccc3c2oc2c(-n4c5ccc(C(C)(C)C)cc5c5cc(C(C)(C)C)ccc54)cccc23)c1. The molecule has 16 rings (SSSR count). The van der Waals surface area contributed by atoms with Gasteiger partial charge in [0.2, 0.25) is 0 Å². The minimum absolute atomic E-state index is 0.0277. The van der Waals surface area contributed by atoms with Crippen LogP contribution in [0.4, 0.5) is 34.1 Å². The number of para-hydroxylation sites is 2. The molecule has 480 valence electrons. The number of furan rings is 1. The molecule has 97 heavy (non-hydrogen) atoms. The number of aromatic nitrogens is 1. The number of rotatable bonds is 7. The van der Waals surface area contributed by atoms with Gasteiger partial charge in [0.05, 0.1) is 45.2 Å². The fraction of sp³-hybridized carbons (Fsp3) is 0.226. The van der Waals surface area contributed by atoms with E-state index >= 15 is 0 Å². The van der Waals surface area contributed by atoms with Gasteiger partial charge in [-0.15, -0.1) is 0 Å². The van der Waals surface area contributed by atoms with E-state index in [9.17, 15) is 0 Å². The summed E-state index contributed by atoms with van der Waals surface area (Å²) < 4.78 is 10.3. The van der Waals surface area contributed by atoms with E-state index in [0.717, 1.165) is 83.8 Å². The number of anilines is 6. The minimum atomic E-state index is -0.269. The molecule has 0 fully saturated rings. The van der Waals surface area contributed by atoms with Crippen molar-refractivity contribution in [3.8, 4) is 50.2 Å². The lowest BCUT2D eigenvalue weighted by Crippen LogP contribution is -2.30. The van der Waals surface area contributed by atoms with Gasteiger partial charge in [0.25, 0.3) is 0 Å². The second-order valence-corrected chi connectivity index (χ2v) is 32.7. The highest BCUT2D eigenvalue weighted by Crippen LogP contribution is 2.63. The van der Waals surface area contributed by atoms with Gasteiger partial charge in [0, 0.05) is 38.7 Å². The van der Waals surface area contributed by atoms with Gasteiger partial charge in [-0.25, -0.2) is 0 Å². The summed E-state index contributed by atoms with van der Waals surface area (Å²) in [4.78, 5) is 5.22. The van der Waals surface area contributed by atoms with Gasteiger partial charge in [-0.05, 0) is 189 Å². The van der Waals surface area contributed by atoms with E-state index in [0.29, 0.717) is 0 Å². The van der Waals surface area contributed by atoms with Gasteiger partial charge in [0.15, 0.2) is 11.2 Å². The first-order valence-corrected chi connectivity index (χ1v) is 34.8. The summed E-state index contributed by atoms with van der Waals surface area (Å²) in [6, 6.07) is 95.0. The molecule has 4 heterocycles. The van der Waals surface area contributed by atoms with Crippen LogP contribution in [0, 0.1) is 0 Å². The average Bonchev–Trinajstić information content (AvgIpc) is 1.53. The Morgan fingerprint density at radius 2 is 0.660 bits per heavy atom. The average molecular weight is 1260 g/mol. The van der Waals surface area contributed by atoms with Crippen molar-refractivity contribution in [2.75, 3.05) is 9.80 Å². The molecule has 0 saturated carbocycles. The quantitative estimate of drug-likeness (QED) is 0.159. The van der Waals surface area contributed by atoms with Gasteiger partial charge in [-0.2, -0.15) is 0 Å². The zero-order valence-corrected chi connectivity index (χ0v) is 59.0. The van der Waals surface area contributed by atoms with Crippen molar-refractivity contribution < 1.29 is 4.42 Å².